The van der Waals surface area contributed by atoms with Crippen LogP contribution in [-0.2, 0) is 86.7 Å². The summed E-state index contributed by atoms with van der Waals surface area (Å²) < 4.78 is 191. The third-order valence-electron chi connectivity index (χ3n) is 8.63. The summed E-state index contributed by atoms with van der Waals surface area (Å²) in [5.41, 5.74) is 0. The summed E-state index contributed by atoms with van der Waals surface area (Å²) >= 11 is 0. The minimum Gasteiger partial charge on any atom is -0.373 e. The van der Waals surface area contributed by atoms with Crippen molar-refractivity contribution in [1.29, 1.82) is 0 Å². The molecule has 0 aliphatic heterocycles. The van der Waals surface area contributed by atoms with Crippen molar-refractivity contribution in [1.82, 2.24) is 0 Å². The van der Waals surface area contributed by atoms with Gasteiger partial charge in [0.05, 0.1) is 0 Å². The summed E-state index contributed by atoms with van der Waals surface area (Å²) in [5.74, 6) is 0. The van der Waals surface area contributed by atoms with Gasteiger partial charge in [0, 0.05) is 79.3 Å². The van der Waals surface area contributed by atoms with Crippen LogP contribution >= 0.6 is 0 Å². The second-order valence-corrected chi connectivity index (χ2v) is 39.3. The smallest absolute Gasteiger partial charge is 0.373 e. The molecule has 0 aliphatic carbocycles. The lowest BCUT2D eigenvalue weighted by atomic mass is 10.6. The van der Waals surface area contributed by atoms with Gasteiger partial charge in [0.15, 0.2) is 0 Å². The van der Waals surface area contributed by atoms with Crippen LogP contribution < -0.4 is 0 Å². The lowest BCUT2D eigenvalue weighted by Gasteiger charge is -2.50. The van der Waals surface area contributed by atoms with Crippen molar-refractivity contribution in [3.05, 3.63) is 0 Å². The fourth-order valence-corrected chi connectivity index (χ4v) is 55.4. The normalized spacial score (nSPS) is 14.7. The number of rotatable bonds is 35. The van der Waals surface area contributed by atoms with E-state index in [-0.39, 0.29) is 79.3 Å². The highest BCUT2D eigenvalue weighted by Crippen LogP contribution is 2.52. The third-order valence-corrected chi connectivity index (χ3v) is 51.2. The van der Waals surface area contributed by atoms with Crippen LogP contribution in [0.25, 0.3) is 0 Å². The molecular weight excluding hydrogens is 921 g/mol. The Morgan fingerprint density at radius 1 is 0.276 bits per heavy atom. The van der Waals surface area contributed by atoms with Crippen molar-refractivity contribution < 1.29 is 86.8 Å². The van der Waals surface area contributed by atoms with E-state index in [1.165, 1.54) is 96.9 Å². The van der Waals surface area contributed by atoms with Crippen LogP contribution in [0.5, 0.6) is 0 Å². The van der Waals surface area contributed by atoms with E-state index in [1.54, 1.807) is 0 Å². The molecule has 0 fully saturated rings. The molecule has 0 rings (SSSR count). The van der Waals surface area contributed by atoms with E-state index in [4.69, 9.17) is 53.1 Å². The first-order valence-electron chi connectivity index (χ1n) is 19.8. The Bertz CT molecular complexity index is 1420. The Balaban J connectivity index is 9.77. The molecule has 0 unspecified atom stereocenters. The first-order valence-corrected chi connectivity index (χ1v) is 34.1. The van der Waals surface area contributed by atoms with Gasteiger partial charge in [-0.15, -0.1) is 0 Å². The zero-order valence-electron chi connectivity index (χ0n) is 36.7. The molecule has 0 bridgehead atoms. The average Bonchev–Trinajstić information content (AvgIpc) is 3.13. The molecule has 28 heteroatoms. The van der Waals surface area contributed by atoms with E-state index in [2.05, 4.69) is 0 Å². The molecule has 0 amide bonds. The highest BCUT2D eigenvalue weighted by molar-refractivity contribution is 9.16. The first-order chi connectivity index (χ1) is 27.1. The van der Waals surface area contributed by atoms with Crippen molar-refractivity contribution in [3.8, 4) is 0 Å². The highest BCUT2D eigenvalue weighted by Gasteiger charge is 2.90. The molecule has 0 saturated heterocycles. The van der Waals surface area contributed by atoms with Crippen LogP contribution in [0, 0.1) is 0 Å². The third kappa shape index (κ3) is 9.36. The maximum atomic E-state index is 15.8. The summed E-state index contributed by atoms with van der Waals surface area (Å²) in [6, 6.07) is 0. The standard InChI is InChI=1S/C30H70O20S4Si4/c1-15-29(55(39-17-3,40-18-4)41-19-5,56(42-20-6,43-21-7)44-22-8)51(31,32)53(35,36)54(37,38)52(33,34)30(16-2,57(45-23-9,46-24-10)47-25-11)58(48-26-12,49-27-13)50-28-14/h15-28H2,1-14H3. The molecule has 58 heavy (non-hydrogen) atoms. The van der Waals surface area contributed by atoms with E-state index < -0.39 is 89.6 Å². The fourth-order valence-electron chi connectivity index (χ4n) is 6.95. The van der Waals surface area contributed by atoms with E-state index in [9.17, 15) is 0 Å². The van der Waals surface area contributed by atoms with E-state index in [0.29, 0.717) is 0 Å². The lowest BCUT2D eigenvalue weighted by Crippen LogP contribution is -2.84. The van der Waals surface area contributed by atoms with Crippen molar-refractivity contribution in [2.24, 2.45) is 0 Å². The zero-order valence-corrected chi connectivity index (χ0v) is 44.0. The molecule has 0 spiro atoms. The largest absolute Gasteiger partial charge is 0.529 e. The topological polar surface area (TPSA) is 247 Å². The quantitative estimate of drug-likeness (QED) is 0.0654. The van der Waals surface area contributed by atoms with Gasteiger partial charge in [-0.25, -0.2) is 16.8 Å². The molecule has 0 saturated carbocycles. The van der Waals surface area contributed by atoms with Gasteiger partial charge in [-0.2, -0.15) is 16.8 Å². The maximum Gasteiger partial charge on any atom is 0.529 e. The Morgan fingerprint density at radius 3 is 0.483 bits per heavy atom. The predicted octanol–water partition coefficient (Wildman–Crippen LogP) is 3.04. The zero-order chi connectivity index (χ0) is 45.4. The Morgan fingerprint density at radius 2 is 0.397 bits per heavy atom. The van der Waals surface area contributed by atoms with Gasteiger partial charge in [-0.05, 0) is 95.9 Å². The SMILES string of the molecule is CCO[Si](OCC)(OCC)C(CC)([Si](OCC)(OCC)OCC)S(=O)(=O)S(=O)(=O)S(=O)(=O)S(=O)(=O)C(CC)([Si](OCC)(OCC)OCC)[Si](OCC)(OCC)OCC. The Kier molecular flexibility index (Phi) is 24.4. The van der Waals surface area contributed by atoms with Gasteiger partial charge in [-0.1, -0.05) is 13.8 Å². The van der Waals surface area contributed by atoms with Crippen molar-refractivity contribution >= 4 is 68.8 Å². The Labute approximate surface area is 350 Å². The van der Waals surface area contributed by atoms with Gasteiger partial charge in [-0.3, -0.25) is 0 Å². The summed E-state index contributed by atoms with van der Waals surface area (Å²) in [5, 5.41) is 0. The number of hydrogen-bond acceptors (Lipinski definition) is 20. The van der Waals surface area contributed by atoms with E-state index in [0.717, 1.165) is 0 Å². The van der Waals surface area contributed by atoms with Crippen LogP contribution in [0.4, 0.5) is 0 Å². The summed E-state index contributed by atoms with van der Waals surface area (Å²) in [4.78, 5) is 0. The molecule has 0 aromatic heterocycles. The van der Waals surface area contributed by atoms with Gasteiger partial charge >= 0.3 is 51.0 Å². The first kappa shape index (κ1) is 58.2. The average molecular weight is 991 g/mol. The Hall–Kier alpha value is 0.188. The summed E-state index contributed by atoms with van der Waals surface area (Å²) in [7, 11) is -48.8. The lowest BCUT2D eigenvalue weighted by molar-refractivity contribution is 0.0250. The molecule has 20 nitrogen and oxygen atoms in total. The minimum absolute atomic E-state index is 0.348. The van der Waals surface area contributed by atoms with Gasteiger partial charge < -0.3 is 53.1 Å². The van der Waals surface area contributed by atoms with Gasteiger partial charge in [0.25, 0.3) is 17.7 Å². The summed E-state index contributed by atoms with van der Waals surface area (Å²) in [6.07, 6.45) is -1.76. The molecule has 0 atom stereocenters. The minimum atomic E-state index is -7.19. The van der Waals surface area contributed by atoms with E-state index >= 15 is 33.7 Å². The predicted molar refractivity (Wildman–Crippen MR) is 224 cm³/mol. The van der Waals surface area contributed by atoms with Crippen LogP contribution in [0.1, 0.15) is 110 Å². The second kappa shape index (κ2) is 24.3. The van der Waals surface area contributed by atoms with Gasteiger partial charge in [0.1, 0.15) is 0 Å². The highest BCUT2D eigenvalue weighted by atomic mass is 33.8. The van der Waals surface area contributed by atoms with E-state index in [1.807, 2.05) is 0 Å². The van der Waals surface area contributed by atoms with Crippen LogP contribution in [0.2, 0.25) is 0 Å². The fraction of sp³-hybridized carbons (Fsp3) is 1.00. The molecule has 0 heterocycles. The maximum absolute atomic E-state index is 15.8. The van der Waals surface area contributed by atoms with Gasteiger partial charge in [0.2, 0.25) is 7.99 Å². The van der Waals surface area contributed by atoms with Crippen LogP contribution in [0.15, 0.2) is 0 Å². The molecule has 0 radical (unpaired) electrons. The molecule has 0 aliphatic rings. The molecule has 0 aromatic carbocycles. The molecule has 0 aromatic rings. The van der Waals surface area contributed by atoms with Crippen molar-refractivity contribution in [3.63, 3.8) is 0 Å². The summed E-state index contributed by atoms with van der Waals surface area (Å²) in [6.45, 7) is 15.6. The monoisotopic (exact) mass is 990 g/mol. The second-order valence-electron chi connectivity index (χ2n) is 11.5. The molecular formula is C30H70O20S4Si4. The van der Waals surface area contributed by atoms with Crippen molar-refractivity contribution in [2.75, 3.05) is 79.3 Å². The van der Waals surface area contributed by atoms with Crippen LogP contribution in [0.3, 0.4) is 0 Å². The number of hydrogen-bond donors (Lipinski definition) is 0. The van der Waals surface area contributed by atoms with Crippen molar-refractivity contribution in [2.45, 2.75) is 118 Å². The molecule has 350 valence electrons. The van der Waals surface area contributed by atoms with Crippen LogP contribution in [-0.4, -0.2) is 156 Å². The molecule has 0 N–H and O–H groups in total.